The van der Waals surface area contributed by atoms with E-state index in [1.165, 1.54) is 0 Å². The molecule has 0 bridgehead atoms. The van der Waals surface area contributed by atoms with Crippen molar-refractivity contribution in [2.24, 2.45) is 0 Å². The van der Waals surface area contributed by atoms with Gasteiger partial charge in [-0.25, -0.2) is 0 Å². The van der Waals surface area contributed by atoms with Gasteiger partial charge in [-0.15, -0.1) is 0 Å². The summed E-state index contributed by atoms with van der Waals surface area (Å²) in [5.41, 5.74) is 1.60. The fraction of sp³-hybridized carbons (Fsp3) is 0.364. The lowest BCUT2D eigenvalue weighted by Gasteiger charge is -2.10. The first kappa shape index (κ1) is 11.4. The van der Waals surface area contributed by atoms with Crippen molar-refractivity contribution in [1.82, 2.24) is 0 Å². The van der Waals surface area contributed by atoms with Crippen molar-refractivity contribution in [2.75, 3.05) is 19.0 Å². The van der Waals surface area contributed by atoms with E-state index in [0.717, 1.165) is 23.5 Å². The average molecular weight is 209 g/mol. The van der Waals surface area contributed by atoms with Crippen LogP contribution in [0.25, 0.3) is 0 Å². The second kappa shape index (κ2) is 5.24. The zero-order valence-electron chi connectivity index (χ0n) is 8.91. The number of aliphatic carboxylic acids is 1. The molecule has 0 aromatic heterocycles. The number of rotatable bonds is 5. The van der Waals surface area contributed by atoms with Crippen LogP contribution in [0.5, 0.6) is 5.75 Å². The maximum absolute atomic E-state index is 10.5. The number of carboxylic acids is 1. The number of anilines is 1. The van der Waals surface area contributed by atoms with Crippen molar-refractivity contribution in [1.29, 1.82) is 0 Å². The van der Waals surface area contributed by atoms with E-state index in [0.29, 0.717) is 0 Å². The maximum atomic E-state index is 10.5. The lowest BCUT2D eigenvalue weighted by Crippen LogP contribution is -2.03. The number of hydrogen-bond acceptors (Lipinski definition) is 3. The lowest BCUT2D eigenvalue weighted by atomic mass is 10.1. The van der Waals surface area contributed by atoms with Gasteiger partial charge in [0.25, 0.3) is 0 Å². The summed E-state index contributed by atoms with van der Waals surface area (Å²) in [6, 6.07) is 5.33. The first-order chi connectivity index (χ1) is 7.17. The van der Waals surface area contributed by atoms with Gasteiger partial charge in [-0.2, -0.15) is 0 Å². The van der Waals surface area contributed by atoms with Crippen LogP contribution in [0, 0.1) is 0 Å². The van der Waals surface area contributed by atoms with Gasteiger partial charge in [-0.1, -0.05) is 6.07 Å². The third kappa shape index (κ3) is 3.16. The minimum Gasteiger partial charge on any atom is -0.495 e. The maximum Gasteiger partial charge on any atom is 0.307 e. The van der Waals surface area contributed by atoms with E-state index in [4.69, 9.17) is 9.84 Å². The van der Waals surface area contributed by atoms with Gasteiger partial charge in [0.2, 0.25) is 0 Å². The van der Waals surface area contributed by atoms with E-state index in [9.17, 15) is 4.79 Å². The molecule has 1 aromatic carbocycles. The number of ether oxygens (including phenoxy) is 1. The second-order valence-electron chi connectivity index (χ2n) is 3.14. The molecule has 0 atom stereocenters. The van der Waals surface area contributed by atoms with Crippen LogP contribution in [0.15, 0.2) is 18.2 Å². The third-order valence-corrected chi connectivity index (χ3v) is 1.99. The summed E-state index contributed by atoms with van der Waals surface area (Å²) >= 11 is 0. The van der Waals surface area contributed by atoms with E-state index in [2.05, 4.69) is 5.32 Å². The summed E-state index contributed by atoms with van der Waals surface area (Å²) in [6.07, 6.45) is 0.0301. The van der Waals surface area contributed by atoms with Gasteiger partial charge < -0.3 is 15.2 Å². The summed E-state index contributed by atoms with van der Waals surface area (Å²) in [5, 5.41) is 11.8. The molecular weight excluding hydrogens is 194 g/mol. The number of hydrogen-bond donors (Lipinski definition) is 2. The highest BCUT2D eigenvalue weighted by Crippen LogP contribution is 2.25. The molecule has 0 saturated carbocycles. The molecule has 0 unspecified atom stereocenters. The van der Waals surface area contributed by atoms with Crippen LogP contribution >= 0.6 is 0 Å². The summed E-state index contributed by atoms with van der Waals surface area (Å²) in [5.74, 6) is -0.103. The van der Waals surface area contributed by atoms with Gasteiger partial charge in [-0.05, 0) is 24.6 Å². The summed E-state index contributed by atoms with van der Waals surface area (Å²) in [4.78, 5) is 10.5. The minimum absolute atomic E-state index is 0.0301. The summed E-state index contributed by atoms with van der Waals surface area (Å²) < 4.78 is 5.15. The Hall–Kier alpha value is -1.71. The van der Waals surface area contributed by atoms with Gasteiger partial charge in [0.1, 0.15) is 5.75 Å². The van der Waals surface area contributed by atoms with Gasteiger partial charge in [0.05, 0.1) is 19.2 Å². The number of nitrogens with one attached hydrogen (secondary N) is 1. The fourth-order valence-electron chi connectivity index (χ4n) is 1.37. The molecule has 4 nitrogen and oxygen atoms in total. The molecule has 0 aliphatic carbocycles. The quantitative estimate of drug-likeness (QED) is 0.775. The Bertz CT molecular complexity index is 350. The smallest absolute Gasteiger partial charge is 0.307 e. The standard InChI is InChI=1S/C11H15NO3/c1-3-12-9-6-8(7-11(13)14)4-5-10(9)15-2/h4-6,12H,3,7H2,1-2H3,(H,13,14). The van der Waals surface area contributed by atoms with Crippen LogP contribution in [0.3, 0.4) is 0 Å². The van der Waals surface area contributed by atoms with Crippen LogP contribution in [0.1, 0.15) is 12.5 Å². The van der Waals surface area contributed by atoms with Gasteiger partial charge in [-0.3, -0.25) is 4.79 Å². The first-order valence-electron chi connectivity index (χ1n) is 4.80. The molecule has 1 aromatic rings. The predicted molar refractivity (Wildman–Crippen MR) is 58.5 cm³/mol. The Morgan fingerprint density at radius 1 is 1.53 bits per heavy atom. The molecule has 0 spiro atoms. The topological polar surface area (TPSA) is 58.6 Å². The van der Waals surface area contributed by atoms with Crippen molar-refractivity contribution in [3.8, 4) is 5.75 Å². The molecule has 0 aliphatic rings. The van der Waals surface area contributed by atoms with Crippen molar-refractivity contribution < 1.29 is 14.6 Å². The molecule has 0 amide bonds. The molecule has 0 saturated heterocycles. The van der Waals surface area contributed by atoms with Crippen LogP contribution in [0.4, 0.5) is 5.69 Å². The van der Waals surface area contributed by atoms with E-state index in [1.807, 2.05) is 6.92 Å². The van der Waals surface area contributed by atoms with Gasteiger partial charge >= 0.3 is 5.97 Å². The van der Waals surface area contributed by atoms with E-state index in [-0.39, 0.29) is 6.42 Å². The molecule has 0 aliphatic heterocycles. The van der Waals surface area contributed by atoms with Crippen LogP contribution < -0.4 is 10.1 Å². The zero-order valence-corrected chi connectivity index (χ0v) is 8.91. The summed E-state index contributed by atoms with van der Waals surface area (Å²) in [6.45, 7) is 2.75. The van der Waals surface area contributed by atoms with Crippen molar-refractivity contribution in [2.45, 2.75) is 13.3 Å². The molecule has 0 radical (unpaired) electrons. The SMILES string of the molecule is CCNc1cc(CC(=O)O)ccc1OC. The lowest BCUT2D eigenvalue weighted by molar-refractivity contribution is -0.136. The van der Waals surface area contributed by atoms with E-state index in [1.54, 1.807) is 25.3 Å². The molecular formula is C11H15NO3. The Morgan fingerprint density at radius 3 is 2.80 bits per heavy atom. The Balaban J connectivity index is 2.93. The molecule has 0 heterocycles. The normalized spacial score (nSPS) is 9.73. The van der Waals surface area contributed by atoms with Crippen LogP contribution in [0.2, 0.25) is 0 Å². The predicted octanol–water partition coefficient (Wildman–Crippen LogP) is 1.75. The minimum atomic E-state index is -0.831. The number of methoxy groups -OCH3 is 1. The highest BCUT2D eigenvalue weighted by atomic mass is 16.5. The average Bonchev–Trinajstić information content (AvgIpc) is 2.18. The van der Waals surface area contributed by atoms with E-state index >= 15 is 0 Å². The molecule has 0 fully saturated rings. The first-order valence-corrected chi connectivity index (χ1v) is 4.80. The molecule has 82 valence electrons. The van der Waals surface area contributed by atoms with Crippen LogP contribution in [-0.4, -0.2) is 24.7 Å². The Labute approximate surface area is 88.9 Å². The second-order valence-corrected chi connectivity index (χ2v) is 3.14. The largest absolute Gasteiger partial charge is 0.495 e. The van der Waals surface area contributed by atoms with E-state index < -0.39 is 5.97 Å². The zero-order chi connectivity index (χ0) is 11.3. The molecule has 1 rings (SSSR count). The molecule has 15 heavy (non-hydrogen) atoms. The third-order valence-electron chi connectivity index (χ3n) is 1.99. The number of carboxylic acid groups (broad SMARTS) is 1. The Kier molecular flexibility index (Phi) is 3.97. The van der Waals surface area contributed by atoms with Gasteiger partial charge in [0.15, 0.2) is 0 Å². The van der Waals surface area contributed by atoms with Crippen molar-refractivity contribution in [3.63, 3.8) is 0 Å². The monoisotopic (exact) mass is 209 g/mol. The van der Waals surface area contributed by atoms with Gasteiger partial charge in [0, 0.05) is 6.54 Å². The molecule has 2 N–H and O–H groups in total. The van der Waals surface area contributed by atoms with Crippen LogP contribution in [-0.2, 0) is 11.2 Å². The summed E-state index contributed by atoms with van der Waals surface area (Å²) in [7, 11) is 1.59. The van der Waals surface area contributed by atoms with Crippen molar-refractivity contribution >= 4 is 11.7 Å². The Morgan fingerprint density at radius 2 is 2.27 bits per heavy atom. The fourth-order valence-corrected chi connectivity index (χ4v) is 1.37. The molecule has 4 heteroatoms. The number of carbonyl (C=O) groups is 1. The highest BCUT2D eigenvalue weighted by molar-refractivity contribution is 5.71. The number of benzene rings is 1. The van der Waals surface area contributed by atoms with Crippen molar-refractivity contribution in [3.05, 3.63) is 23.8 Å². The highest BCUT2D eigenvalue weighted by Gasteiger charge is 2.05.